The maximum absolute atomic E-state index is 12.6. The molecule has 1 aromatic carbocycles. The van der Waals surface area contributed by atoms with Crippen molar-refractivity contribution in [2.24, 2.45) is 0 Å². The van der Waals surface area contributed by atoms with Crippen LogP contribution in [0.3, 0.4) is 0 Å². The van der Waals surface area contributed by atoms with E-state index in [4.69, 9.17) is 9.84 Å². The molecule has 1 aliphatic heterocycles. The van der Waals surface area contributed by atoms with E-state index in [2.05, 4.69) is 0 Å². The van der Waals surface area contributed by atoms with Crippen molar-refractivity contribution in [3.05, 3.63) is 29.8 Å². The SMILES string of the molecule is CCC1COCCN1S(=O)(=O)c1ccc(C(=O)O)cc1. The highest BCUT2D eigenvalue weighted by atomic mass is 32.2. The standard InChI is InChI=1S/C13H17NO5S/c1-2-11-9-19-8-7-14(11)20(17,18)12-5-3-10(4-6-12)13(15)16/h3-6,11H,2,7-9H2,1H3,(H,15,16). The molecule has 0 radical (unpaired) electrons. The minimum Gasteiger partial charge on any atom is -0.478 e. The van der Waals surface area contributed by atoms with E-state index in [0.29, 0.717) is 26.2 Å². The highest BCUT2D eigenvalue weighted by Crippen LogP contribution is 2.22. The maximum atomic E-state index is 12.6. The van der Waals surface area contributed by atoms with Gasteiger partial charge in [0.05, 0.1) is 23.7 Å². The lowest BCUT2D eigenvalue weighted by atomic mass is 10.2. The van der Waals surface area contributed by atoms with Crippen molar-refractivity contribution < 1.29 is 23.1 Å². The summed E-state index contributed by atoms with van der Waals surface area (Å²) in [5.41, 5.74) is 0.0676. The van der Waals surface area contributed by atoms with Crippen molar-refractivity contribution in [1.82, 2.24) is 4.31 Å². The van der Waals surface area contributed by atoms with Gasteiger partial charge in [-0.3, -0.25) is 0 Å². The Kier molecular flexibility index (Phi) is 4.42. The molecule has 0 saturated carbocycles. The third kappa shape index (κ3) is 2.84. The van der Waals surface area contributed by atoms with Crippen LogP contribution in [0.1, 0.15) is 23.7 Å². The molecule has 1 unspecified atom stereocenters. The Hall–Kier alpha value is -1.44. The molecule has 1 atom stereocenters. The molecule has 1 aromatic rings. The van der Waals surface area contributed by atoms with E-state index in [1.54, 1.807) is 0 Å². The number of aromatic carboxylic acids is 1. The molecule has 6 nitrogen and oxygen atoms in total. The minimum atomic E-state index is -3.61. The number of carbonyl (C=O) groups is 1. The van der Waals surface area contributed by atoms with Crippen LogP contribution in [0, 0.1) is 0 Å². The average molecular weight is 299 g/mol. The molecule has 0 aromatic heterocycles. The highest BCUT2D eigenvalue weighted by molar-refractivity contribution is 7.89. The Balaban J connectivity index is 2.31. The van der Waals surface area contributed by atoms with Crippen LogP contribution in [0.25, 0.3) is 0 Å². The first kappa shape index (κ1) is 15.0. The fourth-order valence-corrected chi connectivity index (χ4v) is 3.85. The van der Waals surface area contributed by atoms with Gasteiger partial charge in [0.25, 0.3) is 0 Å². The second kappa shape index (κ2) is 5.90. The van der Waals surface area contributed by atoms with Crippen molar-refractivity contribution in [3.63, 3.8) is 0 Å². The van der Waals surface area contributed by atoms with Crippen LogP contribution < -0.4 is 0 Å². The molecule has 0 amide bonds. The number of ether oxygens (including phenoxy) is 1. The Morgan fingerprint density at radius 3 is 2.60 bits per heavy atom. The van der Waals surface area contributed by atoms with Crippen molar-refractivity contribution >= 4 is 16.0 Å². The third-order valence-corrected chi connectivity index (χ3v) is 5.32. The highest BCUT2D eigenvalue weighted by Gasteiger charge is 2.33. The molecule has 1 aliphatic rings. The molecule has 110 valence electrons. The van der Waals surface area contributed by atoms with E-state index in [-0.39, 0.29) is 16.5 Å². The zero-order valence-corrected chi connectivity index (χ0v) is 12.0. The van der Waals surface area contributed by atoms with E-state index < -0.39 is 16.0 Å². The van der Waals surface area contributed by atoms with Gasteiger partial charge in [0.1, 0.15) is 0 Å². The first-order chi connectivity index (χ1) is 9.46. The van der Waals surface area contributed by atoms with Crippen LogP contribution in [0.2, 0.25) is 0 Å². The van der Waals surface area contributed by atoms with Crippen LogP contribution in [0.5, 0.6) is 0 Å². The summed E-state index contributed by atoms with van der Waals surface area (Å²) in [5, 5.41) is 8.83. The second-order valence-electron chi connectivity index (χ2n) is 4.58. The zero-order valence-electron chi connectivity index (χ0n) is 11.2. The summed E-state index contributed by atoms with van der Waals surface area (Å²) < 4.78 is 31.9. The van der Waals surface area contributed by atoms with Gasteiger partial charge in [-0.1, -0.05) is 6.92 Å². The number of carboxylic acids is 1. The molecule has 20 heavy (non-hydrogen) atoms. The summed E-state index contributed by atoms with van der Waals surface area (Å²) in [6.07, 6.45) is 0.673. The summed E-state index contributed by atoms with van der Waals surface area (Å²) in [6, 6.07) is 5.10. The zero-order chi connectivity index (χ0) is 14.8. The number of hydrogen-bond donors (Lipinski definition) is 1. The predicted octanol–water partition coefficient (Wildman–Crippen LogP) is 1.18. The predicted molar refractivity (Wildman–Crippen MR) is 72.2 cm³/mol. The maximum Gasteiger partial charge on any atom is 0.335 e. The number of benzene rings is 1. The number of hydrogen-bond acceptors (Lipinski definition) is 4. The van der Waals surface area contributed by atoms with Gasteiger partial charge in [0, 0.05) is 12.6 Å². The van der Waals surface area contributed by atoms with E-state index in [1.807, 2.05) is 6.92 Å². The molecule has 0 spiro atoms. The van der Waals surface area contributed by atoms with Gasteiger partial charge in [-0.25, -0.2) is 13.2 Å². The number of sulfonamides is 1. The lowest BCUT2D eigenvalue weighted by Crippen LogP contribution is -2.48. The van der Waals surface area contributed by atoms with Gasteiger partial charge in [-0.05, 0) is 30.7 Å². The molecular weight excluding hydrogens is 282 g/mol. The fraction of sp³-hybridized carbons (Fsp3) is 0.462. The fourth-order valence-electron chi connectivity index (χ4n) is 2.18. The molecule has 0 aliphatic carbocycles. The van der Waals surface area contributed by atoms with E-state index in [0.717, 1.165) is 0 Å². The molecule has 1 N–H and O–H groups in total. The van der Waals surface area contributed by atoms with Crippen LogP contribution >= 0.6 is 0 Å². The summed E-state index contributed by atoms with van der Waals surface area (Å²) in [4.78, 5) is 10.9. The molecular formula is C13H17NO5S. The third-order valence-electron chi connectivity index (χ3n) is 3.35. The number of morpholine rings is 1. The smallest absolute Gasteiger partial charge is 0.335 e. The lowest BCUT2D eigenvalue weighted by molar-refractivity contribution is 0.0314. The molecule has 0 bridgehead atoms. The summed E-state index contributed by atoms with van der Waals surface area (Å²) in [5.74, 6) is -1.08. The number of rotatable bonds is 4. The molecule has 1 heterocycles. The lowest BCUT2D eigenvalue weighted by Gasteiger charge is -2.33. The Morgan fingerprint density at radius 2 is 2.05 bits per heavy atom. The summed E-state index contributed by atoms with van der Waals surface area (Å²) in [7, 11) is -3.61. The normalized spacial score (nSPS) is 20.8. The largest absolute Gasteiger partial charge is 0.478 e. The average Bonchev–Trinajstić information content (AvgIpc) is 2.47. The summed E-state index contributed by atoms with van der Waals surface area (Å²) >= 11 is 0. The summed E-state index contributed by atoms with van der Waals surface area (Å²) in [6.45, 7) is 3.00. The Bertz CT molecular complexity index is 581. The monoisotopic (exact) mass is 299 g/mol. The van der Waals surface area contributed by atoms with E-state index in [1.165, 1.54) is 28.6 Å². The first-order valence-corrected chi connectivity index (χ1v) is 7.83. The second-order valence-corrected chi connectivity index (χ2v) is 6.47. The van der Waals surface area contributed by atoms with Gasteiger partial charge in [0.2, 0.25) is 10.0 Å². The Morgan fingerprint density at radius 1 is 1.40 bits per heavy atom. The van der Waals surface area contributed by atoms with Crippen molar-refractivity contribution in [3.8, 4) is 0 Å². The van der Waals surface area contributed by atoms with Gasteiger partial charge < -0.3 is 9.84 Å². The van der Waals surface area contributed by atoms with Crippen molar-refractivity contribution in [1.29, 1.82) is 0 Å². The van der Waals surface area contributed by atoms with Crippen LogP contribution in [0.4, 0.5) is 0 Å². The molecule has 2 rings (SSSR count). The van der Waals surface area contributed by atoms with Gasteiger partial charge >= 0.3 is 5.97 Å². The number of nitrogens with zero attached hydrogens (tertiary/aromatic N) is 1. The number of carboxylic acid groups (broad SMARTS) is 1. The Labute approximate surface area is 118 Å². The van der Waals surface area contributed by atoms with Gasteiger partial charge in [-0.15, -0.1) is 0 Å². The van der Waals surface area contributed by atoms with Crippen LogP contribution in [-0.2, 0) is 14.8 Å². The van der Waals surface area contributed by atoms with Crippen molar-refractivity contribution in [2.75, 3.05) is 19.8 Å². The van der Waals surface area contributed by atoms with E-state index in [9.17, 15) is 13.2 Å². The van der Waals surface area contributed by atoms with Crippen LogP contribution in [-0.4, -0.2) is 49.6 Å². The van der Waals surface area contributed by atoms with Crippen molar-refractivity contribution in [2.45, 2.75) is 24.3 Å². The topological polar surface area (TPSA) is 83.9 Å². The first-order valence-electron chi connectivity index (χ1n) is 6.39. The molecule has 7 heteroatoms. The molecule has 1 fully saturated rings. The molecule has 1 saturated heterocycles. The van der Waals surface area contributed by atoms with Crippen LogP contribution in [0.15, 0.2) is 29.2 Å². The minimum absolute atomic E-state index is 0.0676. The van der Waals surface area contributed by atoms with Gasteiger partial charge in [-0.2, -0.15) is 4.31 Å². The van der Waals surface area contributed by atoms with Gasteiger partial charge in [0.15, 0.2) is 0 Å². The van der Waals surface area contributed by atoms with E-state index >= 15 is 0 Å². The quantitative estimate of drug-likeness (QED) is 0.902.